The molecule has 0 saturated carbocycles. The molecule has 0 spiro atoms. The first-order chi connectivity index (χ1) is 10.7. The zero-order chi connectivity index (χ0) is 15.6. The molecule has 0 unspecified atom stereocenters. The van der Waals surface area contributed by atoms with Crippen molar-refractivity contribution in [2.45, 2.75) is 44.8 Å². The number of aliphatic hydroxyl groups is 1. The predicted molar refractivity (Wildman–Crippen MR) is 93.4 cm³/mol. The van der Waals surface area contributed by atoms with Crippen LogP contribution in [0.5, 0.6) is 0 Å². The average molecular weight is 315 g/mol. The first kappa shape index (κ1) is 15.7. The average Bonchev–Trinajstić information content (AvgIpc) is 3.04. The van der Waals surface area contributed by atoms with Gasteiger partial charge in [0.25, 0.3) is 0 Å². The van der Waals surface area contributed by atoms with Crippen LogP contribution in [0, 0.1) is 0 Å². The summed E-state index contributed by atoms with van der Waals surface area (Å²) in [6, 6.07) is 13.0. The molecule has 0 aliphatic heterocycles. The van der Waals surface area contributed by atoms with Gasteiger partial charge in [-0.05, 0) is 48.5 Å². The van der Waals surface area contributed by atoms with Crippen LogP contribution in [0.4, 0.5) is 0 Å². The Morgan fingerprint density at radius 1 is 1.18 bits per heavy atom. The minimum absolute atomic E-state index is 0.425. The highest BCUT2D eigenvalue weighted by molar-refractivity contribution is 7.10. The molecule has 1 heterocycles. The molecule has 2 atom stereocenters. The Labute approximate surface area is 137 Å². The number of hydrogen-bond donors (Lipinski definition) is 1. The van der Waals surface area contributed by atoms with Crippen molar-refractivity contribution in [2.24, 2.45) is 0 Å². The summed E-state index contributed by atoms with van der Waals surface area (Å²) in [6.45, 7) is 6.51. The Kier molecular flexibility index (Phi) is 4.67. The highest BCUT2D eigenvalue weighted by atomic mass is 32.1. The molecule has 0 saturated heterocycles. The smallest absolute Gasteiger partial charge is 0.125 e. The Morgan fingerprint density at radius 2 is 1.95 bits per heavy atom. The summed E-state index contributed by atoms with van der Waals surface area (Å²) in [5, 5.41) is 13.7. The van der Waals surface area contributed by atoms with Gasteiger partial charge in [0.05, 0.1) is 0 Å². The molecule has 1 aromatic carbocycles. The van der Waals surface area contributed by atoms with E-state index in [1.54, 1.807) is 11.3 Å². The molecule has 1 aromatic heterocycles. The van der Waals surface area contributed by atoms with Crippen LogP contribution in [0.2, 0.25) is 0 Å². The van der Waals surface area contributed by atoms with E-state index in [9.17, 15) is 5.11 Å². The van der Waals surface area contributed by atoms with E-state index in [-0.39, 0.29) is 0 Å². The minimum atomic E-state index is -0.853. The molecule has 0 radical (unpaired) electrons. The van der Waals surface area contributed by atoms with Crippen LogP contribution in [0.15, 0.2) is 41.8 Å². The van der Waals surface area contributed by atoms with Crippen LogP contribution in [0.1, 0.15) is 42.7 Å². The van der Waals surface area contributed by atoms with Crippen LogP contribution in [-0.2, 0) is 12.0 Å². The maximum Gasteiger partial charge on any atom is 0.125 e. The monoisotopic (exact) mass is 315 g/mol. The summed E-state index contributed by atoms with van der Waals surface area (Å²) < 4.78 is 0. The standard InChI is InChI=1S/C19H25NOS/c1-3-20(4-2)16-12-11-15-8-5-6-9-17(15)19(21,14-16)18-10-7-13-22-18/h5-10,13,16,21H,3-4,11-12,14H2,1-2H3/t16-,19-/m0/s1. The molecular formula is C19H25NOS. The molecule has 0 bridgehead atoms. The summed E-state index contributed by atoms with van der Waals surface area (Å²) >= 11 is 1.66. The molecule has 1 N–H and O–H groups in total. The van der Waals surface area contributed by atoms with Crippen molar-refractivity contribution in [2.75, 3.05) is 13.1 Å². The fourth-order valence-corrected chi connectivity index (χ4v) is 4.66. The summed E-state index contributed by atoms with van der Waals surface area (Å²) in [5.41, 5.74) is 1.55. The molecule has 1 aliphatic carbocycles. The number of rotatable bonds is 4. The summed E-state index contributed by atoms with van der Waals surface area (Å²) in [4.78, 5) is 3.56. The highest BCUT2D eigenvalue weighted by Crippen LogP contribution is 2.42. The molecule has 2 nitrogen and oxygen atoms in total. The summed E-state index contributed by atoms with van der Waals surface area (Å²) in [5.74, 6) is 0. The van der Waals surface area contributed by atoms with Crippen molar-refractivity contribution in [3.8, 4) is 0 Å². The van der Waals surface area contributed by atoms with Gasteiger partial charge in [0.2, 0.25) is 0 Å². The van der Waals surface area contributed by atoms with Gasteiger partial charge in [0.15, 0.2) is 0 Å². The summed E-state index contributed by atoms with van der Waals surface area (Å²) in [7, 11) is 0. The van der Waals surface area contributed by atoms with Gasteiger partial charge in [-0.2, -0.15) is 0 Å². The highest BCUT2D eigenvalue weighted by Gasteiger charge is 2.40. The topological polar surface area (TPSA) is 23.5 Å². The van der Waals surface area contributed by atoms with Crippen LogP contribution >= 0.6 is 11.3 Å². The van der Waals surface area contributed by atoms with E-state index in [1.807, 2.05) is 6.07 Å². The van der Waals surface area contributed by atoms with E-state index in [4.69, 9.17) is 0 Å². The molecule has 22 heavy (non-hydrogen) atoms. The van der Waals surface area contributed by atoms with E-state index in [0.29, 0.717) is 6.04 Å². The quantitative estimate of drug-likeness (QED) is 0.861. The lowest BCUT2D eigenvalue weighted by Gasteiger charge is -2.35. The molecule has 3 heteroatoms. The lowest BCUT2D eigenvalue weighted by atomic mass is 9.85. The van der Waals surface area contributed by atoms with Crippen molar-refractivity contribution in [3.63, 3.8) is 0 Å². The van der Waals surface area contributed by atoms with E-state index in [0.717, 1.165) is 42.8 Å². The molecule has 0 amide bonds. The van der Waals surface area contributed by atoms with Crippen molar-refractivity contribution < 1.29 is 5.11 Å². The van der Waals surface area contributed by atoms with E-state index < -0.39 is 5.60 Å². The minimum Gasteiger partial charge on any atom is -0.379 e. The van der Waals surface area contributed by atoms with Crippen LogP contribution in [0.25, 0.3) is 0 Å². The number of hydrogen-bond acceptors (Lipinski definition) is 3. The maximum atomic E-state index is 11.7. The molecule has 2 aromatic rings. The molecule has 1 aliphatic rings. The van der Waals surface area contributed by atoms with Crippen LogP contribution in [0.3, 0.4) is 0 Å². The Balaban J connectivity index is 2.06. The zero-order valence-electron chi connectivity index (χ0n) is 13.5. The SMILES string of the molecule is CCN(CC)[C@H]1CCc2ccccc2[C@](O)(c2cccs2)C1. The van der Waals surface area contributed by atoms with Gasteiger partial charge in [0, 0.05) is 17.3 Å². The number of fused-ring (bicyclic) bond motifs is 1. The number of aryl methyl sites for hydroxylation is 1. The fourth-order valence-electron chi connectivity index (χ4n) is 3.82. The Hall–Kier alpha value is -1.16. The van der Waals surface area contributed by atoms with Gasteiger partial charge in [-0.15, -0.1) is 11.3 Å². The predicted octanol–water partition coefficient (Wildman–Crippen LogP) is 4.03. The lowest BCUT2D eigenvalue weighted by Crippen LogP contribution is -2.40. The van der Waals surface area contributed by atoms with Crippen molar-refractivity contribution in [1.29, 1.82) is 0 Å². The second-order valence-corrected chi connectivity index (χ2v) is 7.06. The Bertz CT molecular complexity index is 606. The first-order valence-corrected chi connectivity index (χ1v) is 9.15. The molecule has 118 valence electrons. The third-order valence-corrected chi connectivity index (χ3v) is 6.02. The zero-order valence-corrected chi connectivity index (χ0v) is 14.3. The van der Waals surface area contributed by atoms with Crippen molar-refractivity contribution in [3.05, 3.63) is 57.8 Å². The maximum absolute atomic E-state index is 11.7. The van der Waals surface area contributed by atoms with Crippen molar-refractivity contribution in [1.82, 2.24) is 4.90 Å². The van der Waals surface area contributed by atoms with Gasteiger partial charge in [0.1, 0.15) is 5.60 Å². The van der Waals surface area contributed by atoms with Gasteiger partial charge in [-0.1, -0.05) is 44.2 Å². The largest absolute Gasteiger partial charge is 0.379 e. The fraction of sp³-hybridized carbons (Fsp3) is 0.474. The van der Waals surface area contributed by atoms with Crippen molar-refractivity contribution >= 4 is 11.3 Å². The van der Waals surface area contributed by atoms with Gasteiger partial charge in [-0.25, -0.2) is 0 Å². The van der Waals surface area contributed by atoms with E-state index in [1.165, 1.54) is 5.56 Å². The van der Waals surface area contributed by atoms with E-state index in [2.05, 4.69) is 54.5 Å². The van der Waals surface area contributed by atoms with Gasteiger partial charge in [-0.3, -0.25) is 0 Å². The second kappa shape index (κ2) is 6.53. The number of benzene rings is 1. The molecule has 0 fully saturated rings. The lowest BCUT2D eigenvalue weighted by molar-refractivity contribution is 0.0399. The summed E-state index contributed by atoms with van der Waals surface area (Å²) in [6.07, 6.45) is 2.95. The second-order valence-electron chi connectivity index (χ2n) is 6.11. The molecule has 3 rings (SSSR count). The third-order valence-electron chi connectivity index (χ3n) is 5.00. The number of nitrogens with zero attached hydrogens (tertiary/aromatic N) is 1. The van der Waals surface area contributed by atoms with Crippen LogP contribution in [-0.4, -0.2) is 29.1 Å². The first-order valence-electron chi connectivity index (χ1n) is 8.27. The van der Waals surface area contributed by atoms with Crippen LogP contribution < -0.4 is 0 Å². The normalized spacial score (nSPS) is 25.0. The molecular weight excluding hydrogens is 290 g/mol. The van der Waals surface area contributed by atoms with E-state index >= 15 is 0 Å². The Morgan fingerprint density at radius 3 is 2.64 bits per heavy atom. The number of thiophene rings is 1. The third kappa shape index (κ3) is 2.73. The van der Waals surface area contributed by atoms with Gasteiger partial charge < -0.3 is 10.0 Å². The van der Waals surface area contributed by atoms with Gasteiger partial charge >= 0.3 is 0 Å².